The zero-order chi connectivity index (χ0) is 22.2. The van der Waals surface area contributed by atoms with E-state index < -0.39 is 0 Å². The van der Waals surface area contributed by atoms with Crippen LogP contribution in [0.4, 0.5) is 0 Å². The third-order valence-corrected chi connectivity index (χ3v) is 4.46. The number of benzene rings is 2. The lowest BCUT2D eigenvalue weighted by atomic mass is 10.1. The van der Waals surface area contributed by atoms with Crippen molar-refractivity contribution < 1.29 is 14.2 Å². The normalized spacial score (nSPS) is 9.84. The van der Waals surface area contributed by atoms with Gasteiger partial charge in [0.2, 0.25) is 5.75 Å². The van der Waals surface area contributed by atoms with E-state index in [0.29, 0.717) is 34.1 Å². The fraction of sp³-hybridized carbons (Fsp3) is 0.200. The van der Waals surface area contributed by atoms with Crippen molar-refractivity contribution in [1.82, 2.24) is 15.0 Å². The summed E-state index contributed by atoms with van der Waals surface area (Å²) in [6, 6.07) is 13.5. The van der Waals surface area contributed by atoms with Crippen molar-refractivity contribution in [2.24, 2.45) is 0 Å². The maximum Gasteiger partial charge on any atom is 0.203 e. The van der Waals surface area contributed by atoms with Gasteiger partial charge in [0.25, 0.3) is 0 Å². The monoisotopic (exact) mass is 415 g/mol. The molecule has 0 saturated heterocycles. The number of nitrogens with zero attached hydrogens (tertiary/aromatic N) is 2. The van der Waals surface area contributed by atoms with E-state index in [1.807, 2.05) is 62.5 Å². The highest BCUT2D eigenvalue weighted by Gasteiger charge is 2.16. The summed E-state index contributed by atoms with van der Waals surface area (Å²) in [5.74, 6) is 7.97. The fourth-order valence-electron chi connectivity index (χ4n) is 3.02. The molecule has 4 aromatic rings. The molecule has 4 rings (SSSR count). The molecule has 31 heavy (non-hydrogen) atoms. The molecule has 0 aliphatic carbocycles. The predicted molar refractivity (Wildman–Crippen MR) is 123 cm³/mol. The molecule has 0 atom stereocenters. The Hall–Kier alpha value is -3.98. The lowest BCUT2D eigenvalue weighted by Gasteiger charge is -2.13. The van der Waals surface area contributed by atoms with Crippen LogP contribution < -0.4 is 14.2 Å². The molecular weight excluding hydrogens is 390 g/mol. The third kappa shape index (κ3) is 4.62. The van der Waals surface area contributed by atoms with Gasteiger partial charge in [0.05, 0.1) is 38.8 Å². The number of hydrogen-bond donors (Lipinski definition) is 1. The molecule has 0 unspecified atom stereocenters. The van der Waals surface area contributed by atoms with Gasteiger partial charge in [0.1, 0.15) is 5.52 Å². The van der Waals surface area contributed by atoms with Crippen LogP contribution in [-0.2, 0) is 0 Å². The first-order valence-corrected chi connectivity index (χ1v) is 9.95. The van der Waals surface area contributed by atoms with E-state index in [1.165, 1.54) is 0 Å². The van der Waals surface area contributed by atoms with Crippen molar-refractivity contribution in [3.63, 3.8) is 0 Å². The van der Waals surface area contributed by atoms with E-state index in [1.54, 1.807) is 27.5 Å². The first-order chi connectivity index (χ1) is 15.2. The van der Waals surface area contributed by atoms with E-state index in [4.69, 9.17) is 19.2 Å². The number of nitrogens with one attached hydrogen (secondary N) is 1. The number of H-pyrrole nitrogens is 1. The van der Waals surface area contributed by atoms with Crippen LogP contribution in [-0.4, -0.2) is 36.3 Å². The van der Waals surface area contributed by atoms with Crippen molar-refractivity contribution in [3.8, 4) is 40.3 Å². The zero-order valence-electron chi connectivity index (χ0n) is 18.3. The molecule has 0 saturated carbocycles. The number of methoxy groups -OCH3 is 3. The summed E-state index contributed by atoms with van der Waals surface area (Å²) in [4.78, 5) is 12.4. The summed E-state index contributed by atoms with van der Waals surface area (Å²) in [5.41, 5.74) is 4.59. The van der Waals surface area contributed by atoms with Gasteiger partial charge in [-0.1, -0.05) is 43.9 Å². The van der Waals surface area contributed by atoms with Crippen LogP contribution in [0.2, 0.25) is 0 Å². The second-order valence-electron chi connectivity index (χ2n) is 6.18. The van der Waals surface area contributed by atoms with Gasteiger partial charge in [-0.2, -0.15) is 0 Å². The highest BCUT2D eigenvalue weighted by atomic mass is 16.5. The predicted octanol–water partition coefficient (Wildman–Crippen LogP) is 5.08. The number of hydrogen-bond acceptors (Lipinski definition) is 5. The second-order valence-corrected chi connectivity index (χ2v) is 6.18. The molecule has 0 aliphatic heterocycles. The van der Waals surface area contributed by atoms with Crippen LogP contribution in [0.5, 0.6) is 17.2 Å². The fourth-order valence-corrected chi connectivity index (χ4v) is 3.02. The summed E-state index contributed by atoms with van der Waals surface area (Å²) in [7, 11) is 4.74. The molecule has 2 aromatic carbocycles. The Balaban J connectivity index is 0.00000132. The number of rotatable bonds is 4. The molecule has 2 aromatic heterocycles. The molecular formula is C25H25N3O3. The number of fused-ring (bicyclic) bond motifs is 1. The van der Waals surface area contributed by atoms with Crippen molar-refractivity contribution in [2.45, 2.75) is 13.8 Å². The minimum atomic E-state index is 0.531. The SMILES string of the molecule is CC.COc1cc(-c2cnc3[nH]cc(C#Cc4ccccc4)c3n2)cc(OC)c1OC. The molecule has 0 spiro atoms. The average Bonchev–Trinajstić information content (AvgIpc) is 3.25. The Labute approximate surface area is 182 Å². The van der Waals surface area contributed by atoms with E-state index in [9.17, 15) is 0 Å². The molecule has 1 N–H and O–H groups in total. The molecule has 2 heterocycles. The second kappa shape index (κ2) is 10.2. The Bertz CT molecular complexity index is 1200. The van der Waals surface area contributed by atoms with Gasteiger partial charge in [0, 0.05) is 17.3 Å². The van der Waals surface area contributed by atoms with Crippen LogP contribution in [0.3, 0.4) is 0 Å². The van der Waals surface area contributed by atoms with Gasteiger partial charge in [-0.15, -0.1) is 0 Å². The van der Waals surface area contributed by atoms with Crippen LogP contribution >= 0.6 is 0 Å². The minimum absolute atomic E-state index is 0.531. The molecule has 0 amide bonds. The average molecular weight is 415 g/mol. The van der Waals surface area contributed by atoms with Crippen molar-refractivity contribution in [1.29, 1.82) is 0 Å². The first-order valence-electron chi connectivity index (χ1n) is 9.95. The van der Waals surface area contributed by atoms with Crippen molar-refractivity contribution >= 4 is 11.2 Å². The molecule has 0 aliphatic rings. The van der Waals surface area contributed by atoms with E-state index in [-0.39, 0.29) is 0 Å². The quantitative estimate of drug-likeness (QED) is 0.471. The summed E-state index contributed by atoms with van der Waals surface area (Å²) >= 11 is 0. The van der Waals surface area contributed by atoms with Gasteiger partial charge in [-0.25, -0.2) is 9.97 Å². The Morgan fingerprint density at radius 1 is 0.871 bits per heavy atom. The molecule has 6 heteroatoms. The molecule has 6 nitrogen and oxygen atoms in total. The summed E-state index contributed by atoms with van der Waals surface area (Å²) in [6.07, 6.45) is 3.52. The summed E-state index contributed by atoms with van der Waals surface area (Å²) < 4.78 is 16.3. The Morgan fingerprint density at radius 3 is 2.16 bits per heavy atom. The smallest absolute Gasteiger partial charge is 0.203 e. The first kappa shape index (κ1) is 21.7. The highest BCUT2D eigenvalue weighted by molar-refractivity contribution is 5.82. The molecule has 0 radical (unpaired) electrons. The number of aromatic nitrogens is 3. The largest absolute Gasteiger partial charge is 0.493 e. The summed E-state index contributed by atoms with van der Waals surface area (Å²) in [6.45, 7) is 4.00. The summed E-state index contributed by atoms with van der Waals surface area (Å²) in [5, 5.41) is 0. The standard InChI is InChI=1S/C23H19N3O3.C2H6/c1-27-19-11-17(12-20(28-2)22(19)29-3)18-14-25-23-21(26-18)16(13-24-23)10-9-15-7-5-4-6-8-15;1-2/h4-8,11-14H,1-3H3,(H,24,25);1-2H3. The van der Waals surface area contributed by atoms with Gasteiger partial charge < -0.3 is 19.2 Å². The molecule has 0 fully saturated rings. The Morgan fingerprint density at radius 2 is 1.55 bits per heavy atom. The lowest BCUT2D eigenvalue weighted by molar-refractivity contribution is 0.324. The van der Waals surface area contributed by atoms with E-state index >= 15 is 0 Å². The maximum atomic E-state index is 5.44. The van der Waals surface area contributed by atoms with Crippen molar-refractivity contribution in [2.75, 3.05) is 21.3 Å². The van der Waals surface area contributed by atoms with E-state index in [0.717, 1.165) is 16.7 Å². The molecule has 0 bridgehead atoms. The van der Waals surface area contributed by atoms with Gasteiger partial charge in [-0.05, 0) is 24.3 Å². The van der Waals surface area contributed by atoms with Crippen molar-refractivity contribution in [3.05, 3.63) is 66.0 Å². The third-order valence-electron chi connectivity index (χ3n) is 4.46. The van der Waals surface area contributed by atoms with Crippen LogP contribution in [0.15, 0.2) is 54.9 Å². The van der Waals surface area contributed by atoms with Crippen LogP contribution in [0, 0.1) is 11.8 Å². The Kier molecular flexibility index (Phi) is 7.13. The highest BCUT2D eigenvalue weighted by Crippen LogP contribution is 2.40. The number of ether oxygens (including phenoxy) is 3. The van der Waals surface area contributed by atoms with Gasteiger partial charge in [0.15, 0.2) is 17.1 Å². The van der Waals surface area contributed by atoms with Crippen LogP contribution in [0.1, 0.15) is 25.0 Å². The van der Waals surface area contributed by atoms with Gasteiger partial charge in [-0.3, -0.25) is 0 Å². The van der Waals surface area contributed by atoms with E-state index in [2.05, 4.69) is 21.8 Å². The number of aromatic amines is 1. The minimum Gasteiger partial charge on any atom is -0.493 e. The maximum absolute atomic E-state index is 5.44. The van der Waals surface area contributed by atoms with Gasteiger partial charge >= 0.3 is 0 Å². The molecule has 158 valence electrons. The van der Waals surface area contributed by atoms with Crippen LogP contribution in [0.25, 0.3) is 22.4 Å². The zero-order valence-corrected chi connectivity index (χ0v) is 18.3. The topological polar surface area (TPSA) is 69.3 Å². The lowest BCUT2D eigenvalue weighted by Crippen LogP contribution is -1.96.